The van der Waals surface area contributed by atoms with Gasteiger partial charge in [0.1, 0.15) is 4.21 Å². The van der Waals surface area contributed by atoms with E-state index in [0.717, 1.165) is 23.1 Å². The second kappa shape index (κ2) is 6.20. The van der Waals surface area contributed by atoms with Gasteiger partial charge in [0, 0.05) is 26.8 Å². The van der Waals surface area contributed by atoms with Crippen LogP contribution in [0.3, 0.4) is 0 Å². The van der Waals surface area contributed by atoms with Crippen LogP contribution in [0.1, 0.15) is 6.92 Å². The molecule has 0 aliphatic carbocycles. The van der Waals surface area contributed by atoms with Crippen molar-refractivity contribution in [2.45, 2.75) is 11.1 Å². The summed E-state index contributed by atoms with van der Waals surface area (Å²) in [7, 11) is -0.167. The number of hydrogen-bond donors (Lipinski definition) is 0. The van der Waals surface area contributed by atoms with Crippen molar-refractivity contribution in [3.8, 4) is 0 Å². The van der Waals surface area contributed by atoms with E-state index in [-0.39, 0.29) is 15.3 Å². The molecule has 2 rings (SSSR count). The van der Waals surface area contributed by atoms with Gasteiger partial charge < -0.3 is 4.90 Å². The molecule has 0 spiro atoms. The maximum absolute atomic E-state index is 12.2. The molecule has 1 aliphatic rings. The summed E-state index contributed by atoms with van der Waals surface area (Å²) in [6.07, 6.45) is 1.66. The van der Waals surface area contributed by atoms with E-state index in [2.05, 4.69) is 4.40 Å². The minimum atomic E-state index is -3.77. The van der Waals surface area contributed by atoms with Gasteiger partial charge in [-0.05, 0) is 30.1 Å². The van der Waals surface area contributed by atoms with Crippen LogP contribution in [-0.4, -0.2) is 49.9 Å². The highest BCUT2D eigenvalue weighted by Crippen LogP contribution is 2.32. The van der Waals surface area contributed by atoms with Gasteiger partial charge in [0.2, 0.25) is 0 Å². The topological polar surface area (TPSA) is 70.1 Å². The van der Waals surface area contributed by atoms with Crippen LogP contribution in [0.15, 0.2) is 37.2 Å². The van der Waals surface area contributed by atoms with Crippen molar-refractivity contribution in [3.63, 3.8) is 0 Å². The number of thioether (sulfide) groups is 1. The summed E-state index contributed by atoms with van der Waals surface area (Å²) in [5.74, 6) is -0.226. The Morgan fingerprint density at radius 1 is 1.43 bits per heavy atom. The zero-order valence-electron chi connectivity index (χ0n) is 11.8. The summed E-state index contributed by atoms with van der Waals surface area (Å²) in [6, 6.07) is 3.15. The predicted molar refractivity (Wildman–Crippen MR) is 85.7 cm³/mol. The van der Waals surface area contributed by atoms with Crippen LogP contribution in [0.4, 0.5) is 0 Å². The van der Waals surface area contributed by atoms with E-state index in [1.807, 2.05) is 0 Å². The highest BCUT2D eigenvalue weighted by Gasteiger charge is 2.34. The van der Waals surface area contributed by atoms with E-state index in [1.165, 1.54) is 11.0 Å². The maximum atomic E-state index is 12.2. The molecule has 0 radical (unpaired) electrons. The zero-order chi connectivity index (χ0) is 15.6. The van der Waals surface area contributed by atoms with E-state index in [4.69, 9.17) is 0 Å². The summed E-state index contributed by atoms with van der Waals surface area (Å²) in [6.45, 7) is 2.15. The molecule has 9 heteroatoms. The number of carbonyl (C=O) groups is 1. The van der Waals surface area contributed by atoms with Crippen molar-refractivity contribution in [1.82, 2.24) is 9.80 Å². The van der Waals surface area contributed by atoms with E-state index in [1.54, 1.807) is 43.6 Å². The van der Waals surface area contributed by atoms with Gasteiger partial charge in [-0.3, -0.25) is 9.69 Å². The van der Waals surface area contributed by atoms with Crippen molar-refractivity contribution in [2.24, 2.45) is 4.40 Å². The largest absolute Gasteiger partial charge is 0.382 e. The van der Waals surface area contributed by atoms with Gasteiger partial charge >= 0.3 is 0 Å². The number of amidine groups is 1. The molecule has 0 unspecified atom stereocenters. The molecule has 0 atom stereocenters. The third-order valence-corrected chi connectivity index (χ3v) is 6.28. The molecule has 1 aliphatic heterocycles. The van der Waals surface area contributed by atoms with E-state index >= 15 is 0 Å². The Morgan fingerprint density at radius 2 is 2.14 bits per heavy atom. The molecule has 21 heavy (non-hydrogen) atoms. The molecule has 1 saturated heterocycles. The van der Waals surface area contributed by atoms with Crippen molar-refractivity contribution in [2.75, 3.05) is 20.6 Å². The minimum absolute atomic E-state index is 0.171. The molecule has 0 saturated carbocycles. The average Bonchev–Trinajstić information content (AvgIpc) is 2.99. The van der Waals surface area contributed by atoms with Crippen LogP contribution in [0, 0.1) is 0 Å². The summed E-state index contributed by atoms with van der Waals surface area (Å²) in [5, 5.41) is 1.87. The molecule has 6 nitrogen and oxygen atoms in total. The molecule has 0 aromatic carbocycles. The fourth-order valence-electron chi connectivity index (χ4n) is 1.64. The first-order valence-electron chi connectivity index (χ1n) is 6.11. The van der Waals surface area contributed by atoms with E-state index in [0.29, 0.717) is 11.4 Å². The Morgan fingerprint density at radius 3 is 2.67 bits per heavy atom. The molecule has 0 N–H and O–H groups in total. The molecule has 2 heterocycles. The molecule has 1 fully saturated rings. The summed E-state index contributed by atoms with van der Waals surface area (Å²) < 4.78 is 28.4. The number of amides is 1. The van der Waals surface area contributed by atoms with Gasteiger partial charge in [-0.15, -0.1) is 15.7 Å². The number of thiophene rings is 1. The number of rotatable bonds is 4. The van der Waals surface area contributed by atoms with Gasteiger partial charge in [0.05, 0.1) is 4.91 Å². The van der Waals surface area contributed by atoms with Crippen LogP contribution in [0.25, 0.3) is 0 Å². The molecule has 0 bridgehead atoms. The minimum Gasteiger partial charge on any atom is -0.382 e. The smallest absolute Gasteiger partial charge is 0.294 e. The lowest BCUT2D eigenvalue weighted by atomic mass is 10.4. The van der Waals surface area contributed by atoms with Crippen LogP contribution in [0.5, 0.6) is 0 Å². The van der Waals surface area contributed by atoms with Crippen LogP contribution >= 0.6 is 23.1 Å². The molecule has 1 aromatic heterocycles. The van der Waals surface area contributed by atoms with Crippen molar-refractivity contribution >= 4 is 44.2 Å². The lowest BCUT2D eigenvalue weighted by Crippen LogP contribution is -2.29. The van der Waals surface area contributed by atoms with Crippen molar-refractivity contribution < 1.29 is 13.2 Å². The first-order chi connectivity index (χ1) is 9.85. The van der Waals surface area contributed by atoms with Gasteiger partial charge in [0.25, 0.3) is 15.9 Å². The normalized spacial score (nSPS) is 19.8. The number of likely N-dealkylation sites (N-methyl/N-ethyl adjacent to an activating group) is 1. The standard InChI is InChI=1S/C12H15N3O3S3/c1-4-15-11(16)9(8-14(2)3)20-12(15)13-21(17,18)10-6-5-7-19-10/h5-8H,4H2,1-3H3/b9-8+,13-12-. The van der Waals surface area contributed by atoms with Crippen molar-refractivity contribution in [1.29, 1.82) is 0 Å². The third kappa shape index (κ3) is 3.47. The Balaban J connectivity index is 2.39. The average molecular weight is 345 g/mol. The van der Waals surface area contributed by atoms with Gasteiger partial charge in [-0.25, -0.2) is 0 Å². The quantitative estimate of drug-likeness (QED) is 0.778. The third-order valence-electron chi connectivity index (χ3n) is 2.53. The number of sulfonamides is 1. The predicted octanol–water partition coefficient (Wildman–Crippen LogP) is 1.79. The lowest BCUT2D eigenvalue weighted by Gasteiger charge is -2.11. The zero-order valence-corrected chi connectivity index (χ0v) is 14.3. The van der Waals surface area contributed by atoms with Crippen molar-refractivity contribution in [3.05, 3.63) is 28.6 Å². The first-order valence-corrected chi connectivity index (χ1v) is 9.25. The second-order valence-electron chi connectivity index (χ2n) is 4.39. The van der Waals surface area contributed by atoms with Gasteiger partial charge in [-0.2, -0.15) is 8.42 Å². The lowest BCUT2D eigenvalue weighted by molar-refractivity contribution is -0.122. The number of nitrogens with zero attached hydrogens (tertiary/aromatic N) is 3. The molecule has 1 aromatic rings. The number of carbonyl (C=O) groups excluding carboxylic acids is 1. The Kier molecular flexibility index (Phi) is 4.74. The number of hydrogen-bond acceptors (Lipinski definition) is 6. The molecule has 1 amide bonds. The highest BCUT2D eigenvalue weighted by atomic mass is 32.2. The highest BCUT2D eigenvalue weighted by molar-refractivity contribution is 8.19. The Labute approximate surface area is 132 Å². The van der Waals surface area contributed by atoms with Gasteiger partial charge in [0.15, 0.2) is 5.17 Å². The SMILES string of the molecule is CCN1C(=O)/C(=C\N(C)C)S/C1=N\S(=O)(=O)c1cccs1. The van der Waals surface area contributed by atoms with Gasteiger partial charge in [-0.1, -0.05) is 6.07 Å². The maximum Gasteiger partial charge on any atom is 0.294 e. The first kappa shape index (κ1) is 16.1. The van der Waals surface area contributed by atoms with E-state index in [9.17, 15) is 13.2 Å². The molecular weight excluding hydrogens is 330 g/mol. The Hall–Kier alpha value is -1.32. The fourth-order valence-corrected chi connectivity index (χ4v) is 4.92. The van der Waals surface area contributed by atoms with E-state index < -0.39 is 10.0 Å². The Bertz CT molecular complexity index is 691. The molecular formula is C12H15N3O3S3. The summed E-state index contributed by atoms with van der Waals surface area (Å²) in [5.41, 5.74) is 0. The summed E-state index contributed by atoms with van der Waals surface area (Å²) in [4.78, 5) is 15.8. The van der Waals surface area contributed by atoms with Crippen LogP contribution in [0.2, 0.25) is 0 Å². The second-order valence-corrected chi connectivity index (χ2v) is 8.18. The molecule has 114 valence electrons. The van der Waals surface area contributed by atoms with Crippen LogP contribution in [-0.2, 0) is 14.8 Å². The fraction of sp³-hybridized carbons (Fsp3) is 0.333. The van der Waals surface area contributed by atoms with Crippen LogP contribution < -0.4 is 0 Å². The monoisotopic (exact) mass is 345 g/mol. The summed E-state index contributed by atoms with van der Waals surface area (Å²) >= 11 is 2.18.